The van der Waals surface area contributed by atoms with E-state index in [9.17, 15) is 18.0 Å². The second kappa shape index (κ2) is 10.7. The van der Waals surface area contributed by atoms with Crippen LogP contribution < -0.4 is 26.8 Å². The maximum absolute atomic E-state index is 12.9. The monoisotopic (exact) mass is 555 g/mol. The second-order valence-electron chi connectivity index (χ2n) is 11.7. The minimum atomic E-state index is -3.85. The summed E-state index contributed by atoms with van der Waals surface area (Å²) in [7, 11) is -3.85. The molecule has 3 amide bonds. The van der Waals surface area contributed by atoms with E-state index in [1.165, 1.54) is 18.6 Å². The average molecular weight is 556 g/mol. The van der Waals surface area contributed by atoms with Crippen LogP contribution in [0, 0.1) is 28.6 Å². The molecule has 0 spiro atoms. The maximum atomic E-state index is 12.9. The molecule has 4 aliphatic carbocycles. The standard InChI is InChI=1S/C25H37N5O5S.ClH/c26-21-12-35-5-4-20(21)22(31)28-14-24-8-16-6-17(9-24)11-25(10-16,13-24)15-29-23(32)30-18-2-1-3-19(7-18)36(27,33)34;/h1-3,7,16-17,20-21H,4-6,8-15,26H2,(H,28,31)(H2,27,33,34)(H2,29,30,32);1H. The van der Waals surface area contributed by atoms with Crippen LogP contribution >= 0.6 is 12.4 Å². The SMILES string of the molecule is Cl.NC1COCCC1C(=O)NCC12CC3CC(CC(CNC(=O)Nc4cccc(S(N)(=O)=O)c4)(C3)C1)C2. The molecule has 206 valence electrons. The van der Waals surface area contributed by atoms with Gasteiger partial charge < -0.3 is 26.4 Å². The molecule has 12 heteroatoms. The molecule has 4 atom stereocenters. The molecular weight excluding hydrogens is 518 g/mol. The van der Waals surface area contributed by atoms with Crippen LogP contribution in [0.5, 0.6) is 0 Å². The van der Waals surface area contributed by atoms with Crippen molar-refractivity contribution in [2.24, 2.45) is 39.5 Å². The molecule has 0 aromatic heterocycles. The summed E-state index contributed by atoms with van der Waals surface area (Å²) in [5.74, 6) is 1.07. The quantitative estimate of drug-likeness (QED) is 0.345. The van der Waals surface area contributed by atoms with Gasteiger partial charge in [0.2, 0.25) is 15.9 Å². The Morgan fingerprint density at radius 1 is 1.05 bits per heavy atom. The number of primary sulfonamides is 1. The van der Waals surface area contributed by atoms with E-state index in [0.29, 0.717) is 50.2 Å². The van der Waals surface area contributed by atoms with Crippen molar-refractivity contribution in [2.75, 3.05) is 31.6 Å². The summed E-state index contributed by atoms with van der Waals surface area (Å²) < 4.78 is 28.6. The first-order valence-electron chi connectivity index (χ1n) is 12.8. The first kappa shape index (κ1) is 28.1. The number of hydrogen-bond acceptors (Lipinski definition) is 6. The van der Waals surface area contributed by atoms with E-state index in [2.05, 4.69) is 16.0 Å². The number of anilines is 1. The van der Waals surface area contributed by atoms with E-state index in [0.717, 1.165) is 32.1 Å². The molecule has 1 heterocycles. The van der Waals surface area contributed by atoms with Crippen LogP contribution in [-0.2, 0) is 19.6 Å². The van der Waals surface area contributed by atoms with Gasteiger partial charge in [-0.3, -0.25) is 4.79 Å². The lowest BCUT2D eigenvalue weighted by Crippen LogP contribution is -2.59. The molecule has 7 N–H and O–H groups in total. The van der Waals surface area contributed by atoms with E-state index in [1.54, 1.807) is 12.1 Å². The van der Waals surface area contributed by atoms with Gasteiger partial charge in [0.25, 0.3) is 0 Å². The zero-order valence-corrected chi connectivity index (χ0v) is 22.5. The summed E-state index contributed by atoms with van der Waals surface area (Å²) in [4.78, 5) is 25.5. The van der Waals surface area contributed by atoms with Gasteiger partial charge in [-0.2, -0.15) is 0 Å². The van der Waals surface area contributed by atoms with E-state index in [-0.39, 0.29) is 52.0 Å². The van der Waals surface area contributed by atoms with Crippen molar-refractivity contribution in [3.8, 4) is 0 Å². The van der Waals surface area contributed by atoms with Gasteiger partial charge >= 0.3 is 6.03 Å². The average Bonchev–Trinajstić information content (AvgIpc) is 2.81. The van der Waals surface area contributed by atoms with Gasteiger partial charge in [0, 0.05) is 31.4 Å². The highest BCUT2D eigenvalue weighted by Crippen LogP contribution is 2.64. The lowest BCUT2D eigenvalue weighted by atomic mass is 9.44. The number of nitrogens with one attached hydrogen (secondary N) is 3. The van der Waals surface area contributed by atoms with Crippen LogP contribution in [0.15, 0.2) is 29.2 Å². The summed E-state index contributed by atoms with van der Waals surface area (Å²) in [5.41, 5.74) is 6.58. The number of benzene rings is 1. The predicted molar refractivity (Wildman–Crippen MR) is 142 cm³/mol. The Morgan fingerprint density at radius 2 is 1.70 bits per heavy atom. The lowest BCUT2D eigenvalue weighted by Gasteiger charge is -2.62. The summed E-state index contributed by atoms with van der Waals surface area (Å²) in [6, 6.07) is 5.28. The van der Waals surface area contributed by atoms with Gasteiger partial charge in [0.15, 0.2) is 0 Å². The van der Waals surface area contributed by atoms with Crippen LogP contribution in [0.25, 0.3) is 0 Å². The third-order valence-electron chi connectivity index (χ3n) is 8.72. The van der Waals surface area contributed by atoms with Crippen LogP contribution in [0.2, 0.25) is 0 Å². The molecule has 37 heavy (non-hydrogen) atoms. The molecular formula is C25H38ClN5O5S. The highest BCUT2D eigenvalue weighted by Gasteiger charge is 2.57. The molecule has 4 unspecified atom stereocenters. The van der Waals surface area contributed by atoms with Crippen molar-refractivity contribution in [3.05, 3.63) is 24.3 Å². The molecule has 6 rings (SSSR count). The van der Waals surface area contributed by atoms with Crippen molar-refractivity contribution in [1.82, 2.24) is 10.6 Å². The van der Waals surface area contributed by atoms with E-state index < -0.39 is 10.0 Å². The van der Waals surface area contributed by atoms with Crippen molar-refractivity contribution in [2.45, 2.75) is 55.9 Å². The van der Waals surface area contributed by atoms with Crippen molar-refractivity contribution >= 4 is 40.1 Å². The Morgan fingerprint density at radius 3 is 2.32 bits per heavy atom. The highest BCUT2D eigenvalue weighted by atomic mass is 35.5. The predicted octanol–water partition coefficient (Wildman–Crippen LogP) is 1.94. The zero-order chi connectivity index (χ0) is 25.6. The normalized spacial score (nSPS) is 34.3. The Balaban J connectivity index is 0.00000320. The highest BCUT2D eigenvalue weighted by molar-refractivity contribution is 7.89. The van der Waals surface area contributed by atoms with E-state index in [4.69, 9.17) is 15.6 Å². The molecule has 4 saturated carbocycles. The Bertz CT molecular complexity index is 1120. The number of carbonyl (C=O) groups is 2. The number of carbonyl (C=O) groups excluding carboxylic acids is 2. The minimum absolute atomic E-state index is 0. The van der Waals surface area contributed by atoms with Crippen LogP contribution in [0.3, 0.4) is 0 Å². The Labute approximate surface area is 224 Å². The van der Waals surface area contributed by atoms with Gasteiger partial charge in [0.05, 0.1) is 17.4 Å². The maximum Gasteiger partial charge on any atom is 0.319 e. The smallest absolute Gasteiger partial charge is 0.319 e. The van der Waals surface area contributed by atoms with Crippen LogP contribution in [0.4, 0.5) is 10.5 Å². The Kier molecular flexibility index (Phi) is 8.11. The minimum Gasteiger partial charge on any atom is -0.380 e. The number of ether oxygens (including phenoxy) is 1. The molecule has 5 aliphatic rings. The summed E-state index contributed by atoms with van der Waals surface area (Å²) in [5, 5.41) is 14.2. The lowest BCUT2D eigenvalue weighted by molar-refractivity contribution is -0.133. The number of amides is 3. The fourth-order valence-corrected chi connectivity index (χ4v) is 8.31. The largest absolute Gasteiger partial charge is 0.380 e. The fourth-order valence-electron chi connectivity index (χ4n) is 7.75. The first-order chi connectivity index (χ1) is 17.0. The van der Waals surface area contributed by atoms with Gasteiger partial charge in [-0.1, -0.05) is 6.07 Å². The number of sulfonamides is 1. The zero-order valence-electron chi connectivity index (χ0n) is 20.9. The number of hydrogen-bond donors (Lipinski definition) is 5. The summed E-state index contributed by atoms with van der Waals surface area (Å²) >= 11 is 0. The number of nitrogens with two attached hydrogens (primary N) is 2. The molecule has 0 radical (unpaired) electrons. The number of rotatable bonds is 7. The van der Waals surface area contributed by atoms with Gasteiger partial charge in [-0.25, -0.2) is 18.4 Å². The van der Waals surface area contributed by atoms with Crippen LogP contribution in [-0.4, -0.2) is 52.7 Å². The molecule has 1 aromatic carbocycles. The fraction of sp³-hybridized carbons (Fsp3) is 0.680. The van der Waals surface area contributed by atoms with Gasteiger partial charge in [-0.05, 0) is 85.8 Å². The molecule has 1 saturated heterocycles. The molecule has 4 bridgehead atoms. The van der Waals surface area contributed by atoms with Crippen molar-refractivity contribution < 1.29 is 22.7 Å². The number of halogens is 1. The molecule has 5 fully saturated rings. The first-order valence-corrected chi connectivity index (χ1v) is 14.4. The summed E-state index contributed by atoms with van der Waals surface area (Å²) in [6.45, 7) is 2.22. The van der Waals surface area contributed by atoms with E-state index >= 15 is 0 Å². The third kappa shape index (κ3) is 6.22. The van der Waals surface area contributed by atoms with Crippen molar-refractivity contribution in [3.63, 3.8) is 0 Å². The Hall–Kier alpha value is -1.92. The topological polar surface area (TPSA) is 166 Å². The molecule has 1 aliphatic heterocycles. The van der Waals surface area contributed by atoms with Gasteiger partial charge in [0.1, 0.15) is 0 Å². The number of urea groups is 1. The van der Waals surface area contributed by atoms with Crippen molar-refractivity contribution in [1.29, 1.82) is 0 Å². The third-order valence-corrected chi connectivity index (χ3v) is 9.63. The molecule has 10 nitrogen and oxygen atoms in total. The van der Waals surface area contributed by atoms with Crippen LogP contribution in [0.1, 0.15) is 44.9 Å². The molecule has 1 aromatic rings. The second-order valence-corrected chi connectivity index (χ2v) is 13.3. The summed E-state index contributed by atoms with van der Waals surface area (Å²) in [6.07, 6.45) is 7.30. The van der Waals surface area contributed by atoms with Gasteiger partial charge in [-0.15, -0.1) is 12.4 Å². The van der Waals surface area contributed by atoms with E-state index in [1.807, 2.05) is 0 Å².